The van der Waals surface area contributed by atoms with Crippen LogP contribution in [-0.4, -0.2) is 12.6 Å². The number of benzene rings is 1. The van der Waals surface area contributed by atoms with Gasteiger partial charge in [-0.1, -0.05) is 38.3 Å². The van der Waals surface area contributed by atoms with Gasteiger partial charge in [0.05, 0.1) is 6.61 Å². The van der Waals surface area contributed by atoms with Crippen LogP contribution in [0.25, 0.3) is 0 Å². The Morgan fingerprint density at radius 1 is 1.24 bits per heavy atom. The van der Waals surface area contributed by atoms with Gasteiger partial charge >= 0.3 is 0 Å². The molecule has 1 heterocycles. The van der Waals surface area contributed by atoms with E-state index in [1.807, 2.05) is 0 Å². The Morgan fingerprint density at radius 2 is 2.05 bits per heavy atom. The topological polar surface area (TPSA) is 21.3 Å². The molecular weight excluding hydrogens is 258 g/mol. The van der Waals surface area contributed by atoms with Gasteiger partial charge in [-0.15, -0.1) is 0 Å². The van der Waals surface area contributed by atoms with Crippen LogP contribution in [0.3, 0.4) is 0 Å². The molecule has 1 aromatic carbocycles. The second kappa shape index (κ2) is 6.83. The molecule has 0 radical (unpaired) electrons. The molecule has 0 bridgehead atoms. The second-order valence-corrected chi connectivity index (χ2v) is 6.78. The maximum atomic E-state index is 5.62. The van der Waals surface area contributed by atoms with Gasteiger partial charge in [-0.25, -0.2) is 0 Å². The van der Waals surface area contributed by atoms with E-state index in [4.69, 9.17) is 4.74 Å². The van der Waals surface area contributed by atoms with Crippen molar-refractivity contribution in [2.75, 3.05) is 6.61 Å². The lowest BCUT2D eigenvalue weighted by Crippen LogP contribution is -2.37. The first kappa shape index (κ1) is 14.9. The SMILES string of the molecule is CCC(N[C@@H](C)C1CCCCC1)c1ccc2c(c1)CCO2. The molecule has 0 spiro atoms. The average Bonchev–Trinajstić information content (AvgIpc) is 3.00. The van der Waals surface area contributed by atoms with E-state index in [-0.39, 0.29) is 0 Å². The van der Waals surface area contributed by atoms with E-state index in [2.05, 4.69) is 37.4 Å². The van der Waals surface area contributed by atoms with Gasteiger partial charge in [-0.05, 0) is 49.3 Å². The van der Waals surface area contributed by atoms with Gasteiger partial charge in [0.2, 0.25) is 0 Å². The van der Waals surface area contributed by atoms with Crippen LogP contribution < -0.4 is 10.1 Å². The highest BCUT2D eigenvalue weighted by Gasteiger charge is 2.23. The molecule has 1 unspecified atom stereocenters. The molecule has 1 aliphatic carbocycles. The molecule has 0 saturated heterocycles. The van der Waals surface area contributed by atoms with Crippen molar-refractivity contribution in [2.45, 2.75) is 70.9 Å². The third-order valence-electron chi connectivity index (χ3n) is 5.35. The van der Waals surface area contributed by atoms with Crippen LogP contribution in [0.15, 0.2) is 18.2 Å². The number of nitrogens with one attached hydrogen (secondary N) is 1. The molecular formula is C19H29NO. The minimum atomic E-state index is 0.479. The molecule has 3 rings (SSSR count). The van der Waals surface area contributed by atoms with Crippen molar-refractivity contribution >= 4 is 0 Å². The van der Waals surface area contributed by atoms with Crippen LogP contribution in [0.1, 0.15) is 69.5 Å². The monoisotopic (exact) mass is 287 g/mol. The molecule has 2 heteroatoms. The summed E-state index contributed by atoms with van der Waals surface area (Å²) in [5, 5.41) is 3.90. The van der Waals surface area contributed by atoms with Gasteiger partial charge < -0.3 is 10.1 Å². The van der Waals surface area contributed by atoms with Crippen LogP contribution >= 0.6 is 0 Å². The van der Waals surface area contributed by atoms with Crippen molar-refractivity contribution in [2.24, 2.45) is 5.92 Å². The maximum absolute atomic E-state index is 5.62. The first-order valence-electron chi connectivity index (χ1n) is 8.79. The Labute approximate surface area is 129 Å². The fraction of sp³-hybridized carbons (Fsp3) is 0.684. The Hall–Kier alpha value is -1.02. The van der Waals surface area contributed by atoms with E-state index in [1.165, 1.54) is 43.2 Å². The van der Waals surface area contributed by atoms with Crippen molar-refractivity contribution in [1.82, 2.24) is 5.32 Å². The van der Waals surface area contributed by atoms with E-state index in [0.717, 1.165) is 31.1 Å². The van der Waals surface area contributed by atoms with Gasteiger partial charge in [0.15, 0.2) is 0 Å². The molecule has 1 N–H and O–H groups in total. The number of rotatable bonds is 5. The lowest BCUT2D eigenvalue weighted by molar-refractivity contribution is 0.262. The zero-order valence-corrected chi connectivity index (χ0v) is 13.5. The average molecular weight is 287 g/mol. The summed E-state index contributed by atoms with van der Waals surface area (Å²) in [5.74, 6) is 1.96. The normalized spacial score (nSPS) is 21.6. The quantitative estimate of drug-likeness (QED) is 0.852. The van der Waals surface area contributed by atoms with E-state index < -0.39 is 0 Å². The largest absolute Gasteiger partial charge is 0.493 e. The van der Waals surface area contributed by atoms with Crippen molar-refractivity contribution < 1.29 is 4.74 Å². The Balaban J connectivity index is 1.66. The lowest BCUT2D eigenvalue weighted by atomic mass is 9.84. The molecule has 1 fully saturated rings. The zero-order valence-electron chi connectivity index (χ0n) is 13.5. The van der Waals surface area contributed by atoms with Crippen LogP contribution in [-0.2, 0) is 6.42 Å². The number of fused-ring (bicyclic) bond motifs is 1. The van der Waals surface area contributed by atoms with E-state index in [1.54, 1.807) is 0 Å². The number of ether oxygens (including phenoxy) is 1. The molecule has 2 atom stereocenters. The van der Waals surface area contributed by atoms with Gasteiger partial charge in [0.1, 0.15) is 5.75 Å². The summed E-state index contributed by atoms with van der Waals surface area (Å²) in [6.45, 7) is 5.52. The Kier molecular flexibility index (Phi) is 4.84. The summed E-state index contributed by atoms with van der Waals surface area (Å²) in [6, 6.07) is 7.87. The smallest absolute Gasteiger partial charge is 0.122 e. The van der Waals surface area contributed by atoms with Crippen LogP contribution in [0.5, 0.6) is 5.75 Å². The lowest BCUT2D eigenvalue weighted by Gasteiger charge is -2.32. The van der Waals surface area contributed by atoms with Gasteiger partial charge in [-0.2, -0.15) is 0 Å². The first-order valence-corrected chi connectivity index (χ1v) is 8.79. The number of hydrogen-bond acceptors (Lipinski definition) is 2. The Morgan fingerprint density at radius 3 is 2.81 bits per heavy atom. The summed E-state index contributed by atoms with van der Waals surface area (Å²) in [5.41, 5.74) is 2.82. The molecule has 21 heavy (non-hydrogen) atoms. The van der Waals surface area contributed by atoms with Crippen molar-refractivity contribution in [1.29, 1.82) is 0 Å². The first-order chi connectivity index (χ1) is 10.3. The molecule has 1 aromatic rings. The Bertz CT molecular complexity index is 465. The number of hydrogen-bond donors (Lipinski definition) is 1. The molecule has 116 valence electrons. The highest BCUT2D eigenvalue weighted by molar-refractivity contribution is 5.40. The van der Waals surface area contributed by atoms with E-state index >= 15 is 0 Å². The van der Waals surface area contributed by atoms with Crippen LogP contribution in [0.4, 0.5) is 0 Å². The van der Waals surface area contributed by atoms with Gasteiger partial charge in [0.25, 0.3) is 0 Å². The van der Waals surface area contributed by atoms with Gasteiger partial charge in [0, 0.05) is 18.5 Å². The van der Waals surface area contributed by atoms with Crippen molar-refractivity contribution in [3.05, 3.63) is 29.3 Å². The summed E-state index contributed by atoms with van der Waals surface area (Å²) in [4.78, 5) is 0. The van der Waals surface area contributed by atoms with Crippen LogP contribution in [0, 0.1) is 5.92 Å². The van der Waals surface area contributed by atoms with Gasteiger partial charge in [-0.3, -0.25) is 0 Å². The van der Waals surface area contributed by atoms with Crippen LogP contribution in [0.2, 0.25) is 0 Å². The summed E-state index contributed by atoms with van der Waals surface area (Å²) < 4.78 is 5.62. The third kappa shape index (κ3) is 3.42. The van der Waals surface area contributed by atoms with Crippen molar-refractivity contribution in [3.8, 4) is 5.75 Å². The zero-order chi connectivity index (χ0) is 14.7. The highest BCUT2D eigenvalue weighted by atomic mass is 16.5. The standard InChI is InChI=1S/C19H29NO/c1-3-18(20-14(2)15-7-5-4-6-8-15)16-9-10-19-17(13-16)11-12-21-19/h9-10,13-15,18,20H,3-8,11-12H2,1-2H3/t14-,18?/m0/s1. The molecule has 1 aliphatic heterocycles. The summed E-state index contributed by atoms with van der Waals surface area (Å²) >= 11 is 0. The predicted molar refractivity (Wildman–Crippen MR) is 87.8 cm³/mol. The highest BCUT2D eigenvalue weighted by Crippen LogP contribution is 2.31. The fourth-order valence-electron chi connectivity index (χ4n) is 3.96. The predicted octanol–water partition coefficient (Wildman–Crippen LogP) is 4.63. The molecule has 0 aromatic heterocycles. The minimum Gasteiger partial charge on any atom is -0.493 e. The minimum absolute atomic E-state index is 0.479. The van der Waals surface area contributed by atoms with Crippen molar-refractivity contribution in [3.63, 3.8) is 0 Å². The molecule has 1 saturated carbocycles. The molecule has 2 nitrogen and oxygen atoms in total. The van der Waals surface area contributed by atoms with E-state index in [0.29, 0.717) is 12.1 Å². The molecule has 2 aliphatic rings. The van der Waals surface area contributed by atoms with E-state index in [9.17, 15) is 0 Å². The third-order valence-corrected chi connectivity index (χ3v) is 5.35. The summed E-state index contributed by atoms with van der Waals surface area (Å²) in [7, 11) is 0. The second-order valence-electron chi connectivity index (χ2n) is 6.78. The molecule has 0 amide bonds. The maximum Gasteiger partial charge on any atom is 0.122 e. The fourth-order valence-corrected chi connectivity index (χ4v) is 3.96. The summed E-state index contributed by atoms with van der Waals surface area (Å²) in [6.07, 6.45) is 9.30.